The Morgan fingerprint density at radius 1 is 0.449 bits per heavy atom. The Hall–Kier alpha value is -5.24. The van der Waals surface area contributed by atoms with Gasteiger partial charge in [0, 0.05) is 12.7 Å². The molecule has 5 rings (SSSR count). The predicted octanol–water partition coefficient (Wildman–Crippen LogP) is 8.86. The molecule has 49 heavy (non-hydrogen) atoms. The van der Waals surface area contributed by atoms with Crippen LogP contribution < -0.4 is 14.2 Å². The van der Waals surface area contributed by atoms with Crippen LogP contribution in [-0.4, -0.2) is 43.2 Å². The van der Waals surface area contributed by atoms with E-state index in [1.807, 2.05) is 78.9 Å². The van der Waals surface area contributed by atoms with E-state index in [9.17, 15) is 10.2 Å². The van der Waals surface area contributed by atoms with Gasteiger partial charge >= 0.3 is 0 Å². The Bertz CT molecular complexity index is 1680. The first-order valence-corrected chi connectivity index (χ1v) is 16.7. The molecule has 0 saturated carbocycles. The van der Waals surface area contributed by atoms with Crippen LogP contribution in [0, 0.1) is 0 Å². The molecule has 7 nitrogen and oxygen atoms in total. The van der Waals surface area contributed by atoms with Gasteiger partial charge in [0.1, 0.15) is 37.1 Å². The number of aromatic hydroxyl groups is 2. The zero-order chi connectivity index (χ0) is 33.9. The first-order chi connectivity index (χ1) is 24.1. The van der Waals surface area contributed by atoms with Crippen LogP contribution in [0.15, 0.2) is 121 Å². The Balaban J connectivity index is 0.941. The minimum atomic E-state index is 0.0248. The number of ether oxygens (including phenoxy) is 5. The molecule has 5 aromatic carbocycles. The van der Waals surface area contributed by atoms with Gasteiger partial charge in [-0.1, -0.05) is 91.0 Å². The van der Waals surface area contributed by atoms with E-state index in [0.717, 1.165) is 53.2 Å². The molecule has 7 heteroatoms. The summed E-state index contributed by atoms with van der Waals surface area (Å²) < 4.78 is 29.6. The van der Waals surface area contributed by atoms with Gasteiger partial charge in [0.2, 0.25) is 0 Å². The number of unbranched alkanes of at least 4 members (excludes halogenated alkanes) is 1. The summed E-state index contributed by atoms with van der Waals surface area (Å²) in [4.78, 5) is 0. The highest BCUT2D eigenvalue weighted by Crippen LogP contribution is 2.31. The van der Waals surface area contributed by atoms with Crippen LogP contribution in [0.2, 0.25) is 0 Å². The fraction of sp³-hybridized carbons (Fsp3) is 0.238. The quantitative estimate of drug-likeness (QED) is 0.0637. The summed E-state index contributed by atoms with van der Waals surface area (Å²) in [5, 5.41) is 19.2. The molecule has 2 N–H and O–H groups in total. The minimum Gasteiger partial charge on any atom is -0.508 e. The van der Waals surface area contributed by atoms with Gasteiger partial charge in [0.05, 0.1) is 19.8 Å². The summed E-state index contributed by atoms with van der Waals surface area (Å²) in [6, 6.07) is 38.7. The predicted molar refractivity (Wildman–Crippen MR) is 193 cm³/mol. The molecule has 0 atom stereocenters. The third-order valence-corrected chi connectivity index (χ3v) is 7.63. The summed E-state index contributed by atoms with van der Waals surface area (Å²) in [5.41, 5.74) is 5.12. The molecule has 0 aliphatic carbocycles. The van der Waals surface area contributed by atoms with Gasteiger partial charge in [-0.3, -0.25) is 0 Å². The van der Waals surface area contributed by atoms with Crippen molar-refractivity contribution in [1.82, 2.24) is 0 Å². The maximum atomic E-state index is 9.61. The van der Waals surface area contributed by atoms with E-state index in [-0.39, 0.29) is 11.5 Å². The minimum absolute atomic E-state index is 0.0248. The standard InChI is InChI=1S/C42H44O7/c43-38-27-37(28-39(44)30-38)15-14-33-16-19-40(20-17-33)47-26-25-46-24-23-45-22-8-7-9-34-18-21-41(48-31-35-10-3-1-4-11-35)42(29-34)49-32-36-12-5-2-6-13-36/h1-6,10-21,27-30,43-44H,7-9,22-26,31-32H2/b15-14+. The SMILES string of the molecule is Oc1cc(O)cc(/C=C/c2ccc(OCCOCCOCCCCc3ccc(OCc4ccccc4)c(OCc4ccccc4)c3)cc2)c1. The molecule has 0 unspecified atom stereocenters. The summed E-state index contributed by atoms with van der Waals surface area (Å²) in [6.45, 7) is 3.64. The molecular formula is C42H44O7. The number of hydrogen-bond donors (Lipinski definition) is 2. The maximum Gasteiger partial charge on any atom is 0.161 e. The van der Waals surface area contributed by atoms with E-state index in [0.29, 0.717) is 51.8 Å². The third kappa shape index (κ3) is 12.7. The zero-order valence-electron chi connectivity index (χ0n) is 27.7. The molecule has 0 heterocycles. The second kappa shape index (κ2) is 19.5. The molecule has 0 aliphatic rings. The van der Waals surface area contributed by atoms with Gasteiger partial charge in [0.25, 0.3) is 0 Å². The second-order valence-corrected chi connectivity index (χ2v) is 11.5. The highest BCUT2D eigenvalue weighted by atomic mass is 16.5. The summed E-state index contributed by atoms with van der Waals surface area (Å²) >= 11 is 0. The van der Waals surface area contributed by atoms with Crippen molar-refractivity contribution in [2.24, 2.45) is 0 Å². The molecule has 0 bridgehead atoms. The zero-order valence-corrected chi connectivity index (χ0v) is 27.7. The van der Waals surface area contributed by atoms with Crippen molar-refractivity contribution in [3.05, 3.63) is 149 Å². The Labute approximate surface area is 289 Å². The molecule has 0 radical (unpaired) electrons. The summed E-state index contributed by atoms with van der Waals surface area (Å²) in [5.74, 6) is 2.31. The van der Waals surface area contributed by atoms with Crippen LogP contribution in [0.25, 0.3) is 12.2 Å². The van der Waals surface area contributed by atoms with E-state index < -0.39 is 0 Å². The molecule has 0 saturated heterocycles. The number of aryl methyl sites for hydroxylation is 1. The van der Waals surface area contributed by atoms with Crippen LogP contribution in [0.3, 0.4) is 0 Å². The monoisotopic (exact) mass is 660 g/mol. The van der Waals surface area contributed by atoms with Crippen molar-refractivity contribution in [3.8, 4) is 28.7 Å². The molecular weight excluding hydrogens is 616 g/mol. The Morgan fingerprint density at radius 2 is 1.04 bits per heavy atom. The maximum absolute atomic E-state index is 9.61. The molecule has 0 spiro atoms. The lowest BCUT2D eigenvalue weighted by molar-refractivity contribution is 0.0353. The van der Waals surface area contributed by atoms with Crippen LogP contribution in [-0.2, 0) is 29.1 Å². The van der Waals surface area contributed by atoms with Gasteiger partial charge in [-0.25, -0.2) is 0 Å². The third-order valence-electron chi connectivity index (χ3n) is 7.63. The van der Waals surface area contributed by atoms with E-state index in [1.165, 1.54) is 11.6 Å². The number of phenolic OH excluding ortho intramolecular Hbond substituents is 2. The largest absolute Gasteiger partial charge is 0.508 e. The van der Waals surface area contributed by atoms with Gasteiger partial charge < -0.3 is 33.9 Å². The molecule has 5 aromatic rings. The second-order valence-electron chi connectivity index (χ2n) is 11.5. The number of rotatable bonds is 20. The average molecular weight is 661 g/mol. The van der Waals surface area contributed by atoms with Gasteiger partial charge in [0.15, 0.2) is 11.5 Å². The summed E-state index contributed by atoms with van der Waals surface area (Å²) in [7, 11) is 0. The number of benzene rings is 5. The summed E-state index contributed by atoms with van der Waals surface area (Å²) in [6.07, 6.45) is 6.62. The van der Waals surface area contributed by atoms with E-state index in [4.69, 9.17) is 23.7 Å². The van der Waals surface area contributed by atoms with Crippen molar-refractivity contribution in [2.45, 2.75) is 32.5 Å². The van der Waals surface area contributed by atoms with Crippen LogP contribution in [0.5, 0.6) is 28.7 Å². The van der Waals surface area contributed by atoms with Crippen molar-refractivity contribution in [3.63, 3.8) is 0 Å². The van der Waals surface area contributed by atoms with Crippen LogP contribution >= 0.6 is 0 Å². The Morgan fingerprint density at radius 3 is 1.71 bits per heavy atom. The molecule has 0 amide bonds. The molecule has 254 valence electrons. The van der Waals surface area contributed by atoms with E-state index in [2.05, 4.69) is 36.4 Å². The molecule has 0 aliphatic heterocycles. The topological polar surface area (TPSA) is 86.6 Å². The van der Waals surface area contributed by atoms with Crippen molar-refractivity contribution < 1.29 is 33.9 Å². The van der Waals surface area contributed by atoms with Crippen LogP contribution in [0.4, 0.5) is 0 Å². The van der Waals surface area contributed by atoms with Gasteiger partial charge in [-0.15, -0.1) is 0 Å². The van der Waals surface area contributed by atoms with Crippen molar-refractivity contribution >= 4 is 12.2 Å². The lowest BCUT2D eigenvalue weighted by atomic mass is 10.1. The smallest absolute Gasteiger partial charge is 0.161 e. The molecule has 0 fully saturated rings. The first kappa shape index (κ1) is 35.1. The van der Waals surface area contributed by atoms with E-state index >= 15 is 0 Å². The lowest BCUT2D eigenvalue weighted by Crippen LogP contribution is -2.11. The fourth-order valence-corrected chi connectivity index (χ4v) is 5.07. The van der Waals surface area contributed by atoms with Gasteiger partial charge in [-0.2, -0.15) is 0 Å². The van der Waals surface area contributed by atoms with E-state index in [1.54, 1.807) is 12.1 Å². The Kier molecular flexibility index (Phi) is 14.0. The van der Waals surface area contributed by atoms with Crippen molar-refractivity contribution in [1.29, 1.82) is 0 Å². The van der Waals surface area contributed by atoms with Gasteiger partial charge in [-0.05, 0) is 83.5 Å². The number of hydrogen-bond acceptors (Lipinski definition) is 7. The highest BCUT2D eigenvalue weighted by Gasteiger charge is 2.09. The fourth-order valence-electron chi connectivity index (χ4n) is 5.07. The number of phenols is 2. The first-order valence-electron chi connectivity index (χ1n) is 16.7. The highest BCUT2D eigenvalue weighted by molar-refractivity contribution is 5.71. The molecule has 0 aromatic heterocycles. The average Bonchev–Trinajstić information content (AvgIpc) is 3.12. The van der Waals surface area contributed by atoms with Crippen molar-refractivity contribution in [2.75, 3.05) is 33.0 Å². The van der Waals surface area contributed by atoms with Crippen LogP contribution in [0.1, 0.15) is 40.7 Å². The lowest BCUT2D eigenvalue weighted by Gasteiger charge is -2.15. The normalized spacial score (nSPS) is 11.1.